The van der Waals surface area contributed by atoms with E-state index in [2.05, 4.69) is 13.8 Å². The fourth-order valence-corrected chi connectivity index (χ4v) is 3.26. The predicted octanol–water partition coefficient (Wildman–Crippen LogP) is 4.70. The minimum absolute atomic E-state index is 0.984. The highest BCUT2D eigenvalue weighted by molar-refractivity contribution is 5.24. The summed E-state index contributed by atoms with van der Waals surface area (Å²) in [4.78, 5) is 0. The monoisotopic (exact) mass is 192 g/mol. The Hall–Kier alpha value is -0.260. The summed E-state index contributed by atoms with van der Waals surface area (Å²) in [6.07, 6.45) is 11.6. The average molecular weight is 192 g/mol. The van der Waals surface area contributed by atoms with Crippen LogP contribution in [0.25, 0.3) is 0 Å². The van der Waals surface area contributed by atoms with Crippen LogP contribution in [0.1, 0.15) is 65.2 Å². The van der Waals surface area contributed by atoms with Crippen LogP contribution in [0, 0.1) is 11.8 Å². The van der Waals surface area contributed by atoms with E-state index in [1.54, 1.807) is 0 Å². The molecule has 14 heavy (non-hydrogen) atoms. The molecule has 0 bridgehead atoms. The highest BCUT2D eigenvalue weighted by atomic mass is 14.3. The van der Waals surface area contributed by atoms with Crippen molar-refractivity contribution in [3.05, 3.63) is 11.1 Å². The largest absolute Gasteiger partial charge is 0.0702 e. The van der Waals surface area contributed by atoms with E-state index in [4.69, 9.17) is 0 Å². The third-order valence-corrected chi connectivity index (χ3v) is 4.01. The molecule has 2 rings (SSSR count). The Balaban J connectivity index is 2.03. The second kappa shape index (κ2) is 4.51. The van der Waals surface area contributed by atoms with E-state index in [9.17, 15) is 0 Å². The van der Waals surface area contributed by atoms with E-state index in [0.717, 1.165) is 11.8 Å². The Morgan fingerprint density at radius 2 is 1.86 bits per heavy atom. The molecule has 0 aliphatic heterocycles. The van der Waals surface area contributed by atoms with Crippen molar-refractivity contribution in [2.75, 3.05) is 0 Å². The first-order valence-electron chi connectivity index (χ1n) is 6.52. The molecule has 2 aliphatic rings. The summed E-state index contributed by atoms with van der Waals surface area (Å²) in [5, 5.41) is 0. The van der Waals surface area contributed by atoms with Gasteiger partial charge in [0.25, 0.3) is 0 Å². The lowest BCUT2D eigenvalue weighted by Crippen LogP contribution is -2.16. The molecule has 2 saturated carbocycles. The average Bonchev–Trinajstić information content (AvgIpc) is 2.62. The molecule has 0 spiro atoms. The summed E-state index contributed by atoms with van der Waals surface area (Å²) in [6, 6.07) is 0. The zero-order chi connectivity index (χ0) is 9.97. The topological polar surface area (TPSA) is 0 Å². The zero-order valence-corrected chi connectivity index (χ0v) is 9.81. The Morgan fingerprint density at radius 1 is 1.21 bits per heavy atom. The quantitative estimate of drug-likeness (QED) is 0.568. The fraction of sp³-hybridized carbons (Fsp3) is 0.857. The van der Waals surface area contributed by atoms with Crippen LogP contribution in [0.15, 0.2) is 11.1 Å². The van der Waals surface area contributed by atoms with Crippen molar-refractivity contribution in [3.63, 3.8) is 0 Å². The maximum absolute atomic E-state index is 2.39. The van der Waals surface area contributed by atoms with Crippen molar-refractivity contribution in [2.24, 2.45) is 11.8 Å². The fourth-order valence-electron chi connectivity index (χ4n) is 3.26. The van der Waals surface area contributed by atoms with Crippen molar-refractivity contribution in [2.45, 2.75) is 65.2 Å². The first-order chi connectivity index (χ1) is 6.81. The summed E-state index contributed by atoms with van der Waals surface area (Å²) in [5.41, 5.74) is 3.74. The molecular weight excluding hydrogens is 168 g/mol. The van der Waals surface area contributed by atoms with Gasteiger partial charge in [0.15, 0.2) is 0 Å². The molecule has 0 nitrogen and oxygen atoms in total. The Morgan fingerprint density at radius 3 is 2.36 bits per heavy atom. The van der Waals surface area contributed by atoms with E-state index in [1.807, 2.05) is 11.1 Å². The smallest absolute Gasteiger partial charge is 0.0201 e. The Labute approximate surface area is 88.8 Å². The van der Waals surface area contributed by atoms with E-state index < -0.39 is 0 Å². The van der Waals surface area contributed by atoms with Crippen molar-refractivity contribution < 1.29 is 0 Å². The molecule has 0 aromatic heterocycles. The first-order valence-corrected chi connectivity index (χ1v) is 6.52. The van der Waals surface area contributed by atoms with Crippen LogP contribution >= 0.6 is 0 Å². The predicted molar refractivity (Wildman–Crippen MR) is 62.3 cm³/mol. The summed E-state index contributed by atoms with van der Waals surface area (Å²) in [6.45, 7) is 4.72. The lowest BCUT2D eigenvalue weighted by Gasteiger charge is -2.31. The molecule has 0 amide bonds. The van der Waals surface area contributed by atoms with E-state index in [0.29, 0.717) is 0 Å². The zero-order valence-electron chi connectivity index (χ0n) is 9.81. The molecule has 80 valence electrons. The highest BCUT2D eigenvalue weighted by Gasteiger charge is 2.27. The van der Waals surface area contributed by atoms with Crippen LogP contribution in [0.2, 0.25) is 0 Å². The maximum atomic E-state index is 2.39. The summed E-state index contributed by atoms with van der Waals surface area (Å²) in [5.74, 6) is 1.98. The number of hydrogen-bond donors (Lipinski definition) is 0. The van der Waals surface area contributed by atoms with Crippen LogP contribution < -0.4 is 0 Å². The normalized spacial score (nSPS) is 27.9. The Bertz CT molecular complexity index is 210. The van der Waals surface area contributed by atoms with Crippen LogP contribution in [-0.4, -0.2) is 0 Å². The minimum atomic E-state index is 0.984. The molecule has 0 N–H and O–H groups in total. The summed E-state index contributed by atoms with van der Waals surface area (Å²) >= 11 is 0. The van der Waals surface area contributed by atoms with Gasteiger partial charge >= 0.3 is 0 Å². The van der Waals surface area contributed by atoms with Gasteiger partial charge in [0.2, 0.25) is 0 Å². The summed E-state index contributed by atoms with van der Waals surface area (Å²) in [7, 11) is 0. The molecule has 0 heteroatoms. The Kier molecular flexibility index (Phi) is 3.30. The van der Waals surface area contributed by atoms with Crippen LogP contribution in [0.4, 0.5) is 0 Å². The van der Waals surface area contributed by atoms with Crippen molar-refractivity contribution in [1.29, 1.82) is 0 Å². The molecule has 0 aromatic carbocycles. The van der Waals surface area contributed by atoms with Crippen molar-refractivity contribution >= 4 is 0 Å². The second-order valence-electron chi connectivity index (χ2n) is 5.37. The molecule has 0 unspecified atom stereocenters. The lowest BCUT2D eigenvalue weighted by atomic mass is 9.74. The van der Waals surface area contributed by atoms with Gasteiger partial charge in [-0.05, 0) is 43.9 Å². The van der Waals surface area contributed by atoms with Crippen molar-refractivity contribution in [1.82, 2.24) is 0 Å². The third kappa shape index (κ3) is 2.04. The standard InChI is InChI=1S/C14H24/c1-3-6-14(12-7-4-5-8-12)13-9-11(2)10-13/h11-12H,3-10H2,1-2H3. The van der Waals surface area contributed by atoms with Gasteiger partial charge in [0.05, 0.1) is 0 Å². The molecule has 0 atom stereocenters. The third-order valence-electron chi connectivity index (χ3n) is 4.01. The van der Waals surface area contributed by atoms with Crippen LogP contribution in [-0.2, 0) is 0 Å². The number of allylic oxidation sites excluding steroid dienone is 2. The summed E-state index contributed by atoms with van der Waals surface area (Å²) < 4.78 is 0. The molecular formula is C14H24. The molecule has 2 aliphatic carbocycles. The van der Waals surface area contributed by atoms with E-state index >= 15 is 0 Å². The van der Waals surface area contributed by atoms with E-state index in [1.165, 1.54) is 51.4 Å². The van der Waals surface area contributed by atoms with E-state index in [-0.39, 0.29) is 0 Å². The van der Waals surface area contributed by atoms with Crippen LogP contribution in [0.3, 0.4) is 0 Å². The molecule has 0 saturated heterocycles. The van der Waals surface area contributed by atoms with Gasteiger partial charge in [-0.15, -0.1) is 0 Å². The molecule has 2 fully saturated rings. The SMILES string of the molecule is CCCC(=C1CC(C)C1)C1CCCC1. The molecule has 0 aromatic rings. The molecule has 0 radical (unpaired) electrons. The van der Waals surface area contributed by atoms with Gasteiger partial charge < -0.3 is 0 Å². The van der Waals surface area contributed by atoms with Crippen LogP contribution in [0.5, 0.6) is 0 Å². The van der Waals surface area contributed by atoms with Crippen molar-refractivity contribution in [3.8, 4) is 0 Å². The van der Waals surface area contributed by atoms with Gasteiger partial charge in [-0.1, -0.05) is 44.3 Å². The van der Waals surface area contributed by atoms with Gasteiger partial charge in [-0.3, -0.25) is 0 Å². The number of hydrogen-bond acceptors (Lipinski definition) is 0. The van der Waals surface area contributed by atoms with Gasteiger partial charge in [0.1, 0.15) is 0 Å². The van der Waals surface area contributed by atoms with Gasteiger partial charge in [0, 0.05) is 0 Å². The van der Waals surface area contributed by atoms with Gasteiger partial charge in [-0.25, -0.2) is 0 Å². The lowest BCUT2D eigenvalue weighted by molar-refractivity contribution is 0.435. The maximum Gasteiger partial charge on any atom is -0.0201 e. The highest BCUT2D eigenvalue weighted by Crippen LogP contribution is 2.42. The second-order valence-corrected chi connectivity index (χ2v) is 5.37. The number of rotatable bonds is 3. The molecule has 0 heterocycles. The first kappa shape index (κ1) is 10.3. The minimum Gasteiger partial charge on any atom is -0.0702 e. The van der Waals surface area contributed by atoms with Gasteiger partial charge in [-0.2, -0.15) is 0 Å².